The average Bonchev–Trinajstić information content (AvgIpc) is 3.32. The molecule has 0 saturated carbocycles. The molecule has 0 unspecified atom stereocenters. The molecule has 0 atom stereocenters. The molecular formula is C17H15N3O3S. The summed E-state index contributed by atoms with van der Waals surface area (Å²) in [4.78, 5) is 16.6. The standard InChI is InChI=1S/C17H15N3O3S/c21-16(8-13-10-24-17(19-13)20-5-1-2-6-20)18-9-12-3-4-14-15(7-12)23-11-22-14/h1-7,10H,8-9,11H2,(H,18,21). The van der Waals surface area contributed by atoms with Crippen LogP contribution in [0.4, 0.5) is 0 Å². The van der Waals surface area contributed by atoms with Gasteiger partial charge in [0, 0.05) is 24.3 Å². The summed E-state index contributed by atoms with van der Waals surface area (Å²) in [6.45, 7) is 0.697. The Kier molecular flexibility index (Phi) is 3.92. The van der Waals surface area contributed by atoms with Crippen molar-refractivity contribution in [3.05, 3.63) is 59.4 Å². The number of carbonyl (C=O) groups excluding carboxylic acids is 1. The first-order chi connectivity index (χ1) is 11.8. The molecule has 1 N–H and O–H groups in total. The second kappa shape index (κ2) is 6.37. The lowest BCUT2D eigenvalue weighted by Gasteiger charge is -2.05. The topological polar surface area (TPSA) is 65.4 Å². The highest BCUT2D eigenvalue weighted by molar-refractivity contribution is 7.12. The number of nitrogens with zero attached hydrogens (tertiary/aromatic N) is 2. The largest absolute Gasteiger partial charge is 0.454 e. The Bertz CT molecular complexity index is 858. The molecule has 4 rings (SSSR count). The molecule has 3 heterocycles. The summed E-state index contributed by atoms with van der Waals surface area (Å²) in [6.07, 6.45) is 4.13. The van der Waals surface area contributed by atoms with Crippen LogP contribution in [0.2, 0.25) is 0 Å². The monoisotopic (exact) mass is 341 g/mol. The molecule has 0 bridgehead atoms. The highest BCUT2D eigenvalue weighted by atomic mass is 32.1. The smallest absolute Gasteiger partial charge is 0.231 e. The van der Waals surface area contributed by atoms with Gasteiger partial charge in [-0.25, -0.2) is 4.98 Å². The van der Waals surface area contributed by atoms with Crippen molar-refractivity contribution in [1.29, 1.82) is 0 Å². The van der Waals surface area contributed by atoms with Crippen LogP contribution in [0.15, 0.2) is 48.1 Å². The first-order valence-electron chi connectivity index (χ1n) is 7.51. The number of hydrogen-bond acceptors (Lipinski definition) is 5. The van der Waals surface area contributed by atoms with Crippen LogP contribution in [0.25, 0.3) is 5.13 Å². The lowest BCUT2D eigenvalue weighted by Crippen LogP contribution is -2.24. The van der Waals surface area contributed by atoms with E-state index in [0.717, 1.165) is 27.9 Å². The quantitative estimate of drug-likeness (QED) is 0.774. The van der Waals surface area contributed by atoms with Gasteiger partial charge in [0.25, 0.3) is 0 Å². The Morgan fingerprint density at radius 3 is 2.96 bits per heavy atom. The van der Waals surface area contributed by atoms with Gasteiger partial charge < -0.3 is 19.4 Å². The molecule has 1 aliphatic heterocycles. The third-order valence-corrected chi connectivity index (χ3v) is 4.54. The van der Waals surface area contributed by atoms with Gasteiger partial charge in [-0.2, -0.15) is 0 Å². The van der Waals surface area contributed by atoms with Crippen molar-refractivity contribution in [1.82, 2.24) is 14.9 Å². The van der Waals surface area contributed by atoms with Crippen LogP contribution in [-0.2, 0) is 17.8 Å². The molecule has 2 aromatic heterocycles. The van der Waals surface area contributed by atoms with E-state index in [9.17, 15) is 4.79 Å². The average molecular weight is 341 g/mol. The fourth-order valence-electron chi connectivity index (χ4n) is 2.44. The van der Waals surface area contributed by atoms with Gasteiger partial charge in [-0.15, -0.1) is 11.3 Å². The van der Waals surface area contributed by atoms with Crippen molar-refractivity contribution in [2.45, 2.75) is 13.0 Å². The molecular weight excluding hydrogens is 326 g/mol. The molecule has 6 nitrogen and oxygen atoms in total. The van der Waals surface area contributed by atoms with Crippen molar-refractivity contribution < 1.29 is 14.3 Å². The van der Waals surface area contributed by atoms with E-state index < -0.39 is 0 Å². The van der Waals surface area contributed by atoms with Crippen LogP contribution in [0.5, 0.6) is 11.5 Å². The maximum atomic E-state index is 12.1. The Morgan fingerprint density at radius 1 is 1.25 bits per heavy atom. The minimum Gasteiger partial charge on any atom is -0.454 e. The number of carbonyl (C=O) groups is 1. The minimum absolute atomic E-state index is 0.0583. The fourth-order valence-corrected chi connectivity index (χ4v) is 3.23. The maximum Gasteiger partial charge on any atom is 0.231 e. The zero-order chi connectivity index (χ0) is 16.4. The summed E-state index contributed by atoms with van der Waals surface area (Å²) in [7, 11) is 0. The molecule has 3 aromatic rings. The number of thiazole rings is 1. The number of fused-ring (bicyclic) bond motifs is 1. The normalized spacial score (nSPS) is 12.3. The predicted molar refractivity (Wildman–Crippen MR) is 89.6 cm³/mol. The summed E-state index contributed by atoms with van der Waals surface area (Å²) in [6, 6.07) is 9.54. The van der Waals surface area contributed by atoms with E-state index >= 15 is 0 Å². The van der Waals surface area contributed by atoms with Gasteiger partial charge in [0.2, 0.25) is 12.7 Å². The maximum absolute atomic E-state index is 12.1. The van der Waals surface area contributed by atoms with Crippen molar-refractivity contribution in [2.24, 2.45) is 0 Å². The minimum atomic E-state index is -0.0583. The molecule has 7 heteroatoms. The Balaban J connectivity index is 1.34. The number of benzene rings is 1. The number of hydrogen-bond donors (Lipinski definition) is 1. The summed E-state index contributed by atoms with van der Waals surface area (Å²) in [5, 5.41) is 5.68. The van der Waals surface area contributed by atoms with E-state index in [-0.39, 0.29) is 19.1 Å². The fraction of sp³-hybridized carbons (Fsp3) is 0.176. The third-order valence-electron chi connectivity index (χ3n) is 3.63. The Hall–Kier alpha value is -2.80. The molecule has 1 amide bonds. The van der Waals surface area contributed by atoms with Gasteiger partial charge in [0.05, 0.1) is 12.1 Å². The third kappa shape index (κ3) is 3.11. The summed E-state index contributed by atoms with van der Waals surface area (Å²) in [5.74, 6) is 1.40. The second-order valence-electron chi connectivity index (χ2n) is 5.35. The van der Waals surface area contributed by atoms with Crippen LogP contribution < -0.4 is 14.8 Å². The van der Waals surface area contributed by atoms with Crippen LogP contribution in [-0.4, -0.2) is 22.3 Å². The molecule has 0 radical (unpaired) electrons. The van der Waals surface area contributed by atoms with Crippen LogP contribution in [0, 0.1) is 0 Å². The Labute approximate surface area is 142 Å². The lowest BCUT2D eigenvalue weighted by molar-refractivity contribution is -0.120. The van der Waals surface area contributed by atoms with Crippen molar-refractivity contribution in [2.75, 3.05) is 6.79 Å². The zero-order valence-electron chi connectivity index (χ0n) is 12.8. The number of ether oxygens (including phenoxy) is 2. The lowest BCUT2D eigenvalue weighted by atomic mass is 10.2. The van der Waals surface area contributed by atoms with E-state index in [2.05, 4.69) is 10.3 Å². The molecule has 0 fully saturated rings. The van der Waals surface area contributed by atoms with E-state index in [0.29, 0.717) is 6.54 Å². The molecule has 0 aliphatic carbocycles. The van der Waals surface area contributed by atoms with Crippen LogP contribution >= 0.6 is 11.3 Å². The molecule has 24 heavy (non-hydrogen) atoms. The van der Waals surface area contributed by atoms with Crippen molar-refractivity contribution >= 4 is 17.2 Å². The van der Waals surface area contributed by atoms with E-state index in [1.807, 2.05) is 52.7 Å². The summed E-state index contributed by atoms with van der Waals surface area (Å²) < 4.78 is 12.5. The highest BCUT2D eigenvalue weighted by Crippen LogP contribution is 2.32. The van der Waals surface area contributed by atoms with Crippen LogP contribution in [0.3, 0.4) is 0 Å². The first kappa shape index (κ1) is 14.8. The molecule has 1 aliphatic rings. The molecule has 122 valence electrons. The number of rotatable bonds is 5. The first-order valence-corrected chi connectivity index (χ1v) is 8.39. The van der Waals surface area contributed by atoms with E-state index in [1.54, 1.807) is 0 Å². The zero-order valence-corrected chi connectivity index (χ0v) is 13.6. The van der Waals surface area contributed by atoms with E-state index in [1.165, 1.54) is 11.3 Å². The van der Waals surface area contributed by atoms with Gasteiger partial charge in [0.15, 0.2) is 16.6 Å². The van der Waals surface area contributed by atoms with E-state index in [4.69, 9.17) is 9.47 Å². The predicted octanol–water partition coefficient (Wildman–Crippen LogP) is 2.52. The van der Waals surface area contributed by atoms with Gasteiger partial charge in [-0.3, -0.25) is 4.79 Å². The number of nitrogens with one attached hydrogen (secondary N) is 1. The van der Waals surface area contributed by atoms with Crippen molar-refractivity contribution in [3.8, 4) is 16.6 Å². The molecule has 1 aromatic carbocycles. The SMILES string of the molecule is O=C(Cc1csc(-n2cccc2)n1)NCc1ccc2c(c1)OCO2. The van der Waals surface area contributed by atoms with Gasteiger partial charge in [-0.05, 0) is 29.8 Å². The van der Waals surface area contributed by atoms with Crippen molar-refractivity contribution in [3.63, 3.8) is 0 Å². The highest BCUT2D eigenvalue weighted by Gasteiger charge is 2.14. The Morgan fingerprint density at radius 2 is 2.08 bits per heavy atom. The van der Waals surface area contributed by atoms with Crippen LogP contribution in [0.1, 0.15) is 11.3 Å². The second-order valence-corrected chi connectivity index (χ2v) is 6.19. The summed E-state index contributed by atoms with van der Waals surface area (Å²) >= 11 is 1.52. The molecule has 0 spiro atoms. The number of aromatic nitrogens is 2. The summed E-state index contributed by atoms with van der Waals surface area (Å²) in [5.41, 5.74) is 1.74. The number of amides is 1. The molecule has 0 saturated heterocycles. The van der Waals surface area contributed by atoms with Gasteiger partial charge in [0.1, 0.15) is 0 Å². The van der Waals surface area contributed by atoms with Gasteiger partial charge >= 0.3 is 0 Å². The van der Waals surface area contributed by atoms with Gasteiger partial charge in [-0.1, -0.05) is 6.07 Å².